The molecule has 0 spiro atoms. The number of aromatic amines is 1. The zero-order chi connectivity index (χ0) is 13.8. The maximum atomic E-state index is 7.54. The van der Waals surface area contributed by atoms with Gasteiger partial charge in [-0.3, -0.25) is 0 Å². The minimum absolute atomic E-state index is 0. The van der Waals surface area contributed by atoms with E-state index in [0.717, 1.165) is 22.0 Å². The number of aromatic nitrogens is 1. The first-order valence-corrected chi connectivity index (χ1v) is 6.21. The Balaban J connectivity index is 0.000000639. The smallest absolute Gasteiger partial charge is 0.0472 e. The van der Waals surface area contributed by atoms with Gasteiger partial charge in [-0.25, -0.2) is 0 Å². The summed E-state index contributed by atoms with van der Waals surface area (Å²) in [6.07, 6.45) is 1.92. The van der Waals surface area contributed by atoms with Gasteiger partial charge >= 0.3 is 0 Å². The third kappa shape index (κ3) is 3.42. The first-order valence-electron chi connectivity index (χ1n) is 5.83. The Bertz CT molecular complexity index is 694. The van der Waals surface area contributed by atoms with Crippen LogP contribution in [-0.2, 0) is 32.7 Å². The normalized spacial score (nSPS) is 9.55. The van der Waals surface area contributed by atoms with Crippen molar-refractivity contribution in [2.75, 3.05) is 7.05 Å². The fourth-order valence-corrected chi connectivity index (χ4v) is 2.34. The van der Waals surface area contributed by atoms with Crippen molar-refractivity contribution >= 4 is 28.2 Å². The van der Waals surface area contributed by atoms with Crippen LogP contribution in [0.3, 0.4) is 0 Å². The molecule has 0 aliphatic heterocycles. The number of nitrogens with one attached hydrogen (secondary N) is 3. The molecule has 2 aromatic carbocycles. The van der Waals surface area contributed by atoms with Crippen LogP contribution in [0.25, 0.3) is 33.5 Å². The predicted octanol–water partition coefficient (Wildman–Crippen LogP) is 5.84. The summed E-state index contributed by atoms with van der Waals surface area (Å²) in [4.78, 5) is 3.18. The van der Waals surface area contributed by atoms with Crippen LogP contribution >= 0.6 is 11.6 Å². The zero-order valence-electron chi connectivity index (χ0n) is 11.1. The number of benzene rings is 2. The second kappa shape index (κ2) is 7.79. The zero-order valence-corrected chi connectivity index (χ0v) is 14.7. The molecule has 3 aromatic rings. The fourth-order valence-electron chi connectivity index (χ4n) is 2.05. The fraction of sp³-hybridized carbons (Fsp3) is 0.0667. The van der Waals surface area contributed by atoms with Crippen molar-refractivity contribution in [1.82, 2.24) is 4.98 Å². The molecule has 0 atom stereocenters. The minimum Gasteiger partial charge on any atom is -0.699 e. The minimum atomic E-state index is 0. The molecule has 0 bridgehead atoms. The quantitative estimate of drug-likeness (QED) is 0.567. The number of hydrogen-bond acceptors (Lipinski definition) is 0. The van der Waals surface area contributed by atoms with Crippen molar-refractivity contribution in [3.05, 3.63) is 65.2 Å². The summed E-state index contributed by atoms with van der Waals surface area (Å²) in [5.41, 5.74) is 16.9. The van der Waals surface area contributed by atoms with E-state index in [-0.39, 0.29) is 32.7 Å². The van der Waals surface area contributed by atoms with E-state index in [9.17, 15) is 0 Å². The molecule has 1 heterocycles. The van der Waals surface area contributed by atoms with Gasteiger partial charge in [-0.2, -0.15) is 7.05 Å². The molecule has 3 nitrogen and oxygen atoms in total. The number of H-pyrrole nitrogens is 1. The van der Waals surface area contributed by atoms with Crippen LogP contribution in [0.4, 0.5) is 5.69 Å². The summed E-state index contributed by atoms with van der Waals surface area (Å²) in [5.74, 6) is 0. The van der Waals surface area contributed by atoms with E-state index in [1.165, 1.54) is 7.05 Å². The maximum Gasteiger partial charge on any atom is 0.0472 e. The monoisotopic (exact) mass is 360 g/mol. The van der Waals surface area contributed by atoms with E-state index < -0.39 is 0 Å². The second-order valence-electron chi connectivity index (χ2n) is 3.94. The van der Waals surface area contributed by atoms with Crippen molar-refractivity contribution < 1.29 is 32.7 Å². The van der Waals surface area contributed by atoms with Gasteiger partial charge in [0.1, 0.15) is 0 Å². The van der Waals surface area contributed by atoms with Crippen molar-refractivity contribution in [1.29, 1.82) is 0 Å². The van der Waals surface area contributed by atoms with Crippen molar-refractivity contribution in [2.45, 2.75) is 0 Å². The second-order valence-corrected chi connectivity index (χ2v) is 4.35. The third-order valence-corrected chi connectivity index (χ3v) is 3.17. The van der Waals surface area contributed by atoms with Gasteiger partial charge < -0.3 is 16.5 Å². The van der Waals surface area contributed by atoms with E-state index in [4.69, 9.17) is 23.1 Å². The summed E-state index contributed by atoms with van der Waals surface area (Å²) in [5, 5.41) is 1.76. The maximum absolute atomic E-state index is 7.54. The Kier molecular flexibility index (Phi) is 6.70. The van der Waals surface area contributed by atoms with Gasteiger partial charge in [-0.1, -0.05) is 41.9 Å². The molecule has 20 heavy (non-hydrogen) atoms. The van der Waals surface area contributed by atoms with Crippen LogP contribution in [0.2, 0.25) is 5.02 Å². The largest absolute Gasteiger partial charge is 0.699 e. The van der Waals surface area contributed by atoms with Crippen molar-refractivity contribution in [2.24, 2.45) is 0 Å². The molecule has 0 fully saturated rings. The van der Waals surface area contributed by atoms with E-state index in [2.05, 4.69) is 4.98 Å². The Morgan fingerprint density at radius 2 is 1.75 bits per heavy atom. The molecule has 1 aromatic heterocycles. The number of rotatable bonds is 1. The number of halogens is 1. The molecular formula is C15H14ClN3Y-2. The average Bonchev–Trinajstić information content (AvgIpc) is 2.89. The van der Waals surface area contributed by atoms with Crippen LogP contribution in [0, 0.1) is 0 Å². The number of hydrogen-bond donors (Lipinski definition) is 1. The van der Waals surface area contributed by atoms with Crippen LogP contribution < -0.4 is 0 Å². The van der Waals surface area contributed by atoms with Gasteiger partial charge in [-0.15, -0.1) is 5.69 Å². The van der Waals surface area contributed by atoms with Crippen LogP contribution in [0.5, 0.6) is 0 Å². The van der Waals surface area contributed by atoms with Crippen LogP contribution in [0.15, 0.2) is 48.7 Å². The summed E-state index contributed by atoms with van der Waals surface area (Å²) in [7, 11) is 1.25. The first kappa shape index (κ1) is 17.2. The third-order valence-electron chi connectivity index (χ3n) is 2.85. The van der Waals surface area contributed by atoms with Gasteiger partial charge in [0.2, 0.25) is 0 Å². The molecule has 3 rings (SSSR count). The van der Waals surface area contributed by atoms with E-state index >= 15 is 0 Å². The van der Waals surface area contributed by atoms with Gasteiger partial charge in [-0.05, 0) is 17.7 Å². The van der Waals surface area contributed by atoms with E-state index in [1.54, 1.807) is 12.1 Å². The Morgan fingerprint density at radius 3 is 2.45 bits per heavy atom. The SMILES string of the molecule is C[NH-].[NH-]c1ccc(-c2cccc3[nH]ccc23)c(Cl)c1.[Y]. The van der Waals surface area contributed by atoms with Crippen LogP contribution in [-0.4, -0.2) is 12.0 Å². The molecule has 0 saturated heterocycles. The van der Waals surface area contributed by atoms with Crippen LogP contribution in [0.1, 0.15) is 0 Å². The molecule has 1 radical (unpaired) electrons. The standard InChI is InChI=1S/C14H10ClN2.CH4N.Y/c15-13-8-9(16)4-5-11(13)10-2-1-3-14-12(10)6-7-17-14;1-2;/h1-8,16-17H;2H,1H3;/q2*-1;. The van der Waals surface area contributed by atoms with E-state index in [1.807, 2.05) is 36.5 Å². The topological polar surface area (TPSA) is 63.4 Å². The summed E-state index contributed by atoms with van der Waals surface area (Å²) < 4.78 is 0. The van der Waals surface area contributed by atoms with Gasteiger partial charge in [0, 0.05) is 60.4 Å². The van der Waals surface area contributed by atoms with Gasteiger partial charge in [0.05, 0.1) is 0 Å². The van der Waals surface area contributed by atoms with Crippen molar-refractivity contribution in [3.63, 3.8) is 0 Å². The molecule has 101 valence electrons. The van der Waals surface area contributed by atoms with Gasteiger partial charge in [0.25, 0.3) is 0 Å². The molecule has 0 saturated carbocycles. The molecule has 0 amide bonds. The first-order chi connectivity index (χ1) is 9.25. The predicted molar refractivity (Wildman–Crippen MR) is 83.0 cm³/mol. The molecular weight excluding hydrogens is 347 g/mol. The molecule has 0 aliphatic carbocycles. The Labute approximate surface area is 148 Å². The number of fused-ring (bicyclic) bond motifs is 1. The summed E-state index contributed by atoms with van der Waals surface area (Å²) in [6, 6.07) is 13.4. The molecule has 0 aliphatic rings. The summed E-state index contributed by atoms with van der Waals surface area (Å²) >= 11 is 6.20. The van der Waals surface area contributed by atoms with E-state index in [0.29, 0.717) is 10.7 Å². The van der Waals surface area contributed by atoms with Crippen molar-refractivity contribution in [3.8, 4) is 11.1 Å². The van der Waals surface area contributed by atoms with Gasteiger partial charge in [0.15, 0.2) is 0 Å². The summed E-state index contributed by atoms with van der Waals surface area (Å²) in [6.45, 7) is 0. The molecule has 3 N–H and O–H groups in total. The average molecular weight is 361 g/mol. The molecule has 0 unspecified atom stereocenters. The Morgan fingerprint density at radius 1 is 1.00 bits per heavy atom. The Hall–Kier alpha value is -0.866. The molecule has 5 heteroatoms.